The summed E-state index contributed by atoms with van der Waals surface area (Å²) in [4.78, 5) is 15.0. The number of carbonyl (C=O) groups excluding carboxylic acids is 1. The quantitative estimate of drug-likeness (QED) is 0.442. The van der Waals surface area contributed by atoms with Crippen LogP contribution in [0.3, 0.4) is 0 Å². The number of hydrogen-bond donors (Lipinski definition) is 0. The van der Waals surface area contributed by atoms with Crippen LogP contribution in [0.4, 0.5) is 0 Å². The zero-order valence-corrected chi connectivity index (χ0v) is 11.4. The fourth-order valence-electron chi connectivity index (χ4n) is 2.17. The van der Waals surface area contributed by atoms with E-state index in [0.717, 1.165) is 16.7 Å². The Morgan fingerprint density at radius 2 is 1.61 bits per heavy atom. The maximum absolute atomic E-state index is 10.9. The molecule has 0 unspecified atom stereocenters. The lowest BCUT2D eigenvalue weighted by atomic mass is 9.78. The third kappa shape index (κ3) is 2.34. The Balaban J connectivity index is 3.65. The molecule has 2 nitrogen and oxygen atoms in total. The lowest BCUT2D eigenvalue weighted by molar-refractivity contribution is 0.544. The molecule has 0 aliphatic heterocycles. The van der Waals surface area contributed by atoms with Gasteiger partial charge in [-0.25, -0.2) is 4.79 Å². The van der Waals surface area contributed by atoms with Crippen LogP contribution < -0.4 is 0 Å². The van der Waals surface area contributed by atoms with Crippen LogP contribution in [0.15, 0.2) is 58.6 Å². The van der Waals surface area contributed by atoms with Crippen LogP contribution in [-0.4, -0.2) is 6.08 Å². The summed E-state index contributed by atoms with van der Waals surface area (Å²) in [5.74, 6) is 0. The minimum absolute atomic E-state index is 0.716. The summed E-state index contributed by atoms with van der Waals surface area (Å²) in [7, 11) is 0. The largest absolute Gasteiger partial charge is 0.236 e. The molecule has 0 amide bonds. The summed E-state index contributed by atoms with van der Waals surface area (Å²) < 4.78 is 0. The van der Waals surface area contributed by atoms with Crippen molar-refractivity contribution in [2.75, 3.05) is 0 Å². The summed E-state index contributed by atoms with van der Waals surface area (Å²) in [6.07, 6.45) is 5.70. The van der Waals surface area contributed by atoms with Gasteiger partial charge in [-0.3, -0.25) is 0 Å². The van der Waals surface area contributed by atoms with Gasteiger partial charge in [0.2, 0.25) is 6.08 Å². The molecule has 0 aliphatic carbocycles. The van der Waals surface area contributed by atoms with Crippen molar-refractivity contribution >= 4 is 6.08 Å². The molecule has 0 radical (unpaired) electrons. The molecular formula is C16H19NO. The Morgan fingerprint density at radius 3 is 2.00 bits per heavy atom. The van der Waals surface area contributed by atoms with E-state index in [1.165, 1.54) is 0 Å². The smallest absolute Gasteiger partial charge is 0.211 e. The summed E-state index contributed by atoms with van der Waals surface area (Å²) in [6, 6.07) is 9.84. The van der Waals surface area contributed by atoms with Crippen LogP contribution in [0.25, 0.3) is 0 Å². The first-order chi connectivity index (χ1) is 8.63. The first kappa shape index (κ1) is 14.1. The normalized spacial score (nSPS) is 15.8. The number of nitrogens with zero attached hydrogens (tertiary/aromatic N) is 1. The molecule has 1 aromatic carbocycles. The fourth-order valence-corrected chi connectivity index (χ4v) is 2.17. The average molecular weight is 241 g/mol. The van der Waals surface area contributed by atoms with Crippen LogP contribution in [0.1, 0.15) is 33.3 Å². The zero-order valence-electron chi connectivity index (χ0n) is 11.4. The molecule has 0 fully saturated rings. The molecule has 0 N–H and O–H groups in total. The van der Waals surface area contributed by atoms with Gasteiger partial charge in [-0.05, 0) is 44.4 Å². The topological polar surface area (TPSA) is 29.4 Å². The van der Waals surface area contributed by atoms with Gasteiger partial charge in [0.15, 0.2) is 0 Å². The number of benzene rings is 1. The standard InChI is InChI=1S/C16H19NO/c1-5-13(3)16(17-12-18,14(4)6-2)15-10-8-7-9-11-15/h5-11H,1-4H3/b13-5-,14-6-. The number of isocyanates is 1. The van der Waals surface area contributed by atoms with Gasteiger partial charge in [-0.1, -0.05) is 42.5 Å². The van der Waals surface area contributed by atoms with Crippen molar-refractivity contribution in [3.8, 4) is 0 Å². The van der Waals surface area contributed by atoms with Gasteiger partial charge in [0, 0.05) is 0 Å². The Morgan fingerprint density at radius 1 is 1.11 bits per heavy atom. The van der Waals surface area contributed by atoms with Crippen molar-refractivity contribution in [2.45, 2.75) is 33.2 Å². The zero-order chi connectivity index (χ0) is 13.6. The molecule has 0 heterocycles. The molecule has 0 atom stereocenters. The van der Waals surface area contributed by atoms with Crippen LogP contribution in [0.2, 0.25) is 0 Å². The molecule has 0 saturated heterocycles. The molecule has 0 saturated carbocycles. The number of allylic oxidation sites excluding steroid dienone is 2. The van der Waals surface area contributed by atoms with Crippen LogP contribution in [0.5, 0.6) is 0 Å². The summed E-state index contributed by atoms with van der Waals surface area (Å²) in [6.45, 7) is 7.88. The third-order valence-corrected chi connectivity index (χ3v) is 3.41. The summed E-state index contributed by atoms with van der Waals surface area (Å²) in [5, 5.41) is 0. The lowest BCUT2D eigenvalue weighted by Gasteiger charge is -2.31. The van der Waals surface area contributed by atoms with Gasteiger partial charge < -0.3 is 0 Å². The predicted molar refractivity (Wildman–Crippen MR) is 75.1 cm³/mol. The van der Waals surface area contributed by atoms with Crippen LogP contribution >= 0.6 is 0 Å². The van der Waals surface area contributed by atoms with E-state index in [-0.39, 0.29) is 0 Å². The predicted octanol–water partition coefficient (Wildman–Crippen LogP) is 4.15. The van der Waals surface area contributed by atoms with Gasteiger partial charge in [-0.2, -0.15) is 4.99 Å². The highest BCUT2D eigenvalue weighted by molar-refractivity contribution is 5.50. The molecule has 0 bridgehead atoms. The monoisotopic (exact) mass is 241 g/mol. The van der Waals surface area contributed by atoms with Crippen molar-refractivity contribution in [1.29, 1.82) is 0 Å². The van der Waals surface area contributed by atoms with E-state index >= 15 is 0 Å². The van der Waals surface area contributed by atoms with Gasteiger partial charge >= 0.3 is 0 Å². The van der Waals surface area contributed by atoms with E-state index in [1.54, 1.807) is 6.08 Å². The highest BCUT2D eigenvalue weighted by Crippen LogP contribution is 2.40. The highest BCUT2D eigenvalue weighted by atomic mass is 16.1. The minimum Gasteiger partial charge on any atom is -0.211 e. The van der Waals surface area contributed by atoms with Gasteiger partial charge in [0.1, 0.15) is 5.54 Å². The minimum atomic E-state index is -0.716. The van der Waals surface area contributed by atoms with E-state index in [2.05, 4.69) is 4.99 Å². The van der Waals surface area contributed by atoms with Crippen molar-refractivity contribution in [2.24, 2.45) is 4.99 Å². The fraction of sp³-hybridized carbons (Fsp3) is 0.312. The lowest BCUT2D eigenvalue weighted by Crippen LogP contribution is -2.26. The Bertz CT molecular complexity index is 487. The SMILES string of the molecule is C/C=C(/C)C(N=C=O)(/C(C)=C\C)c1ccccc1. The maximum atomic E-state index is 10.9. The Labute approximate surface area is 109 Å². The molecule has 18 heavy (non-hydrogen) atoms. The van der Waals surface area contributed by atoms with Crippen molar-refractivity contribution < 1.29 is 4.79 Å². The van der Waals surface area contributed by atoms with E-state index in [1.807, 2.05) is 70.2 Å². The number of aliphatic imine (C=N–C) groups is 1. The number of hydrogen-bond acceptors (Lipinski definition) is 2. The molecule has 0 aliphatic rings. The first-order valence-electron chi connectivity index (χ1n) is 6.04. The molecule has 1 aromatic rings. The van der Waals surface area contributed by atoms with Crippen molar-refractivity contribution in [3.63, 3.8) is 0 Å². The Hall–Kier alpha value is -1.92. The third-order valence-electron chi connectivity index (χ3n) is 3.41. The first-order valence-corrected chi connectivity index (χ1v) is 6.04. The van der Waals surface area contributed by atoms with Gasteiger partial charge in [-0.15, -0.1) is 0 Å². The average Bonchev–Trinajstić information content (AvgIpc) is 2.44. The Kier molecular flexibility index (Phi) is 4.82. The maximum Gasteiger partial charge on any atom is 0.236 e. The van der Waals surface area contributed by atoms with E-state index in [4.69, 9.17) is 0 Å². The second-order valence-corrected chi connectivity index (χ2v) is 4.22. The highest BCUT2D eigenvalue weighted by Gasteiger charge is 2.35. The van der Waals surface area contributed by atoms with Gasteiger partial charge in [0.25, 0.3) is 0 Å². The molecule has 1 rings (SSSR count). The summed E-state index contributed by atoms with van der Waals surface area (Å²) in [5.41, 5.74) is 2.31. The second-order valence-electron chi connectivity index (χ2n) is 4.22. The van der Waals surface area contributed by atoms with E-state index in [0.29, 0.717) is 0 Å². The van der Waals surface area contributed by atoms with Gasteiger partial charge in [0.05, 0.1) is 0 Å². The molecular weight excluding hydrogens is 222 g/mol. The molecule has 94 valence electrons. The van der Waals surface area contributed by atoms with E-state index < -0.39 is 5.54 Å². The number of rotatable bonds is 4. The molecule has 0 aromatic heterocycles. The summed E-state index contributed by atoms with van der Waals surface area (Å²) >= 11 is 0. The van der Waals surface area contributed by atoms with Crippen molar-refractivity contribution in [3.05, 3.63) is 59.2 Å². The molecule has 2 heteroatoms. The van der Waals surface area contributed by atoms with Crippen molar-refractivity contribution in [1.82, 2.24) is 0 Å². The molecule has 0 spiro atoms. The van der Waals surface area contributed by atoms with Crippen LogP contribution in [0, 0.1) is 0 Å². The van der Waals surface area contributed by atoms with E-state index in [9.17, 15) is 4.79 Å². The van der Waals surface area contributed by atoms with Crippen LogP contribution in [-0.2, 0) is 10.3 Å². The second kappa shape index (κ2) is 6.13.